The van der Waals surface area contributed by atoms with Crippen molar-refractivity contribution in [2.45, 2.75) is 27.7 Å². The van der Waals surface area contributed by atoms with Crippen LogP contribution in [0.3, 0.4) is 0 Å². The number of carbonyl (C=O) groups is 2. The van der Waals surface area contributed by atoms with Gasteiger partial charge in [-0.3, -0.25) is 0 Å². The van der Waals surface area contributed by atoms with Crippen molar-refractivity contribution in [1.82, 2.24) is 5.32 Å². The number of hydrogen-bond acceptors (Lipinski definition) is 5. The number of hydrogen-bond donors (Lipinski definition) is 2. The maximum absolute atomic E-state index is 11.8. The molecule has 1 amide bonds. The highest BCUT2D eigenvalue weighted by Gasteiger charge is 2.10. The van der Waals surface area contributed by atoms with Crippen molar-refractivity contribution in [3.8, 4) is 0 Å². The Labute approximate surface area is 113 Å². The Kier molecular flexibility index (Phi) is 7.94. The van der Waals surface area contributed by atoms with E-state index in [0.717, 1.165) is 11.1 Å². The molecule has 1 N–H and O–H groups in total. The first-order valence-corrected chi connectivity index (χ1v) is 5.83. The largest absolute Gasteiger partial charge is 0.460 e. The lowest BCUT2D eigenvalue weighted by molar-refractivity contribution is -0.138. The second kappa shape index (κ2) is 8.63. The van der Waals surface area contributed by atoms with E-state index in [4.69, 9.17) is 4.74 Å². The van der Waals surface area contributed by atoms with Crippen molar-refractivity contribution in [1.29, 1.82) is 0 Å². The maximum atomic E-state index is 11.8. The quantitative estimate of drug-likeness (QED) is 0.202. The summed E-state index contributed by atoms with van der Waals surface area (Å²) in [5.41, 5.74) is 2.43. The Morgan fingerprint density at radius 1 is 1.22 bits per heavy atom. The van der Waals surface area contributed by atoms with Gasteiger partial charge in [0.25, 0.3) is 0 Å². The van der Waals surface area contributed by atoms with Crippen LogP contribution in [0.1, 0.15) is 27.7 Å². The van der Waals surface area contributed by atoms with Crippen LogP contribution in [0.15, 0.2) is 22.8 Å². The SMILES string of the molecule is CC(C)=CC(C(=O)OCCNC(=O)OS)=C(C)C. The van der Waals surface area contributed by atoms with Crippen LogP contribution in [0.25, 0.3) is 0 Å². The molecule has 0 fully saturated rings. The highest BCUT2D eigenvalue weighted by Crippen LogP contribution is 2.10. The summed E-state index contributed by atoms with van der Waals surface area (Å²) in [6.45, 7) is 7.74. The van der Waals surface area contributed by atoms with Crippen LogP contribution < -0.4 is 5.32 Å². The van der Waals surface area contributed by atoms with Crippen LogP contribution in [0, 0.1) is 0 Å². The second-order valence-corrected chi connectivity index (χ2v) is 4.26. The first-order valence-electron chi connectivity index (χ1n) is 5.47. The van der Waals surface area contributed by atoms with Crippen LogP contribution >= 0.6 is 12.9 Å². The summed E-state index contributed by atoms with van der Waals surface area (Å²) in [6.07, 6.45) is 1.09. The molecule has 0 saturated heterocycles. The molecule has 0 bridgehead atoms. The molecule has 0 rings (SSSR count). The van der Waals surface area contributed by atoms with Gasteiger partial charge in [-0.25, -0.2) is 9.59 Å². The average Bonchev–Trinajstić information content (AvgIpc) is 2.30. The molecule has 18 heavy (non-hydrogen) atoms. The van der Waals surface area contributed by atoms with Gasteiger partial charge < -0.3 is 14.2 Å². The molecule has 0 heterocycles. The zero-order valence-corrected chi connectivity index (χ0v) is 12.0. The van der Waals surface area contributed by atoms with Gasteiger partial charge in [-0.2, -0.15) is 0 Å². The average molecular weight is 273 g/mol. The van der Waals surface area contributed by atoms with E-state index in [1.807, 2.05) is 27.7 Å². The fourth-order valence-corrected chi connectivity index (χ4v) is 1.17. The minimum atomic E-state index is -0.680. The second-order valence-electron chi connectivity index (χ2n) is 4.08. The van der Waals surface area contributed by atoms with Crippen molar-refractivity contribution in [3.05, 3.63) is 22.8 Å². The Bertz CT molecular complexity index is 366. The molecular weight excluding hydrogens is 254 g/mol. The third-order valence-corrected chi connectivity index (χ3v) is 2.04. The minimum Gasteiger partial charge on any atom is -0.460 e. The molecular formula is C12H19NO4S. The lowest BCUT2D eigenvalue weighted by Crippen LogP contribution is -2.27. The molecule has 0 aromatic carbocycles. The summed E-state index contributed by atoms with van der Waals surface area (Å²) in [7, 11) is 0. The van der Waals surface area contributed by atoms with Crippen LogP contribution in [-0.4, -0.2) is 25.2 Å². The summed E-state index contributed by atoms with van der Waals surface area (Å²) in [4.78, 5) is 22.4. The van der Waals surface area contributed by atoms with Gasteiger partial charge in [0.2, 0.25) is 0 Å². The summed E-state index contributed by atoms with van der Waals surface area (Å²) < 4.78 is 9.11. The third-order valence-electron chi connectivity index (χ3n) is 1.88. The van der Waals surface area contributed by atoms with E-state index in [1.54, 1.807) is 6.08 Å². The predicted molar refractivity (Wildman–Crippen MR) is 72.2 cm³/mol. The number of rotatable bonds is 5. The van der Waals surface area contributed by atoms with Crippen molar-refractivity contribution in [2.75, 3.05) is 13.2 Å². The number of nitrogens with one attached hydrogen (secondary N) is 1. The van der Waals surface area contributed by atoms with Crippen LogP contribution in [0.5, 0.6) is 0 Å². The van der Waals surface area contributed by atoms with Crippen LogP contribution in [0.4, 0.5) is 4.79 Å². The zero-order chi connectivity index (χ0) is 14.1. The van der Waals surface area contributed by atoms with Crippen molar-refractivity contribution in [3.63, 3.8) is 0 Å². The first kappa shape index (κ1) is 16.6. The smallest absolute Gasteiger partial charge is 0.419 e. The highest BCUT2D eigenvalue weighted by atomic mass is 32.1. The van der Waals surface area contributed by atoms with E-state index in [9.17, 15) is 9.59 Å². The van der Waals surface area contributed by atoms with Crippen molar-refractivity contribution in [2.24, 2.45) is 0 Å². The van der Waals surface area contributed by atoms with Crippen LogP contribution in [0.2, 0.25) is 0 Å². The first-order chi connectivity index (χ1) is 8.38. The Morgan fingerprint density at radius 3 is 2.28 bits per heavy atom. The molecule has 0 aromatic rings. The normalized spacial score (nSPS) is 9.17. The lowest BCUT2D eigenvalue weighted by Gasteiger charge is -2.08. The Balaban J connectivity index is 4.27. The number of carbonyl (C=O) groups excluding carboxylic acids is 2. The molecule has 0 aliphatic carbocycles. The molecule has 0 aliphatic rings. The van der Waals surface area contributed by atoms with Gasteiger partial charge in [-0.1, -0.05) is 11.1 Å². The van der Waals surface area contributed by atoms with Gasteiger partial charge in [-0.15, -0.1) is 0 Å². The summed E-state index contributed by atoms with van der Waals surface area (Å²) in [5.74, 6) is -0.405. The Hall–Kier alpha value is -1.43. The van der Waals surface area contributed by atoms with Gasteiger partial charge in [0.05, 0.1) is 12.1 Å². The van der Waals surface area contributed by atoms with Gasteiger partial charge in [-0.05, 0) is 33.8 Å². The summed E-state index contributed by atoms with van der Waals surface area (Å²) >= 11 is 3.32. The monoisotopic (exact) mass is 273 g/mol. The maximum Gasteiger partial charge on any atom is 0.419 e. The number of thiol groups is 1. The number of allylic oxidation sites excluding steroid dienone is 2. The standard InChI is InChI=1S/C12H19NO4S/c1-8(2)7-10(9(3)4)11(14)16-6-5-13-12(15)17-18/h7,18H,5-6H2,1-4H3,(H,13,15). The third kappa shape index (κ3) is 7.01. The molecule has 6 heteroatoms. The molecule has 0 radical (unpaired) electrons. The molecule has 0 atom stereocenters. The summed E-state index contributed by atoms with van der Waals surface area (Å²) in [5, 5.41) is 2.35. The van der Waals surface area contributed by atoms with E-state index in [2.05, 4.69) is 22.4 Å². The van der Waals surface area contributed by atoms with E-state index < -0.39 is 12.1 Å². The molecule has 0 saturated carbocycles. The molecule has 5 nitrogen and oxygen atoms in total. The van der Waals surface area contributed by atoms with Crippen molar-refractivity contribution < 1.29 is 18.5 Å². The van der Waals surface area contributed by atoms with Gasteiger partial charge in [0.1, 0.15) is 6.61 Å². The Morgan fingerprint density at radius 2 is 1.83 bits per heavy atom. The van der Waals surface area contributed by atoms with Crippen molar-refractivity contribution >= 4 is 25.0 Å². The van der Waals surface area contributed by atoms with E-state index >= 15 is 0 Å². The molecule has 102 valence electrons. The van der Waals surface area contributed by atoms with E-state index in [-0.39, 0.29) is 13.2 Å². The fourth-order valence-electron chi connectivity index (χ4n) is 1.10. The summed E-state index contributed by atoms with van der Waals surface area (Å²) in [6, 6.07) is 0. The fraction of sp³-hybridized carbons (Fsp3) is 0.500. The number of ether oxygens (including phenoxy) is 1. The zero-order valence-electron chi connectivity index (χ0n) is 11.1. The van der Waals surface area contributed by atoms with E-state index in [0.29, 0.717) is 5.57 Å². The molecule has 0 aromatic heterocycles. The molecule has 0 unspecified atom stereocenters. The highest BCUT2D eigenvalue weighted by molar-refractivity contribution is 7.75. The molecule has 0 spiro atoms. The van der Waals surface area contributed by atoms with Gasteiger partial charge >= 0.3 is 12.1 Å². The minimum absolute atomic E-state index is 0.0785. The number of amides is 1. The number of esters is 1. The predicted octanol–water partition coefficient (Wildman–Crippen LogP) is 2.40. The lowest BCUT2D eigenvalue weighted by atomic mass is 10.1. The molecule has 0 aliphatic heterocycles. The van der Waals surface area contributed by atoms with Crippen LogP contribution in [-0.2, 0) is 13.7 Å². The van der Waals surface area contributed by atoms with E-state index in [1.165, 1.54) is 0 Å². The van der Waals surface area contributed by atoms with Gasteiger partial charge in [0, 0.05) is 12.9 Å². The topological polar surface area (TPSA) is 64.6 Å². The van der Waals surface area contributed by atoms with Gasteiger partial charge in [0.15, 0.2) is 0 Å².